The van der Waals surface area contributed by atoms with Crippen LogP contribution in [0.2, 0.25) is 0 Å². The number of benzene rings is 1. The van der Waals surface area contributed by atoms with Crippen molar-refractivity contribution < 1.29 is 54.7 Å². The molecule has 2 atom stereocenters. The molecular weight excluding hydrogens is 542 g/mol. The minimum Gasteiger partial charge on any atom is -1.00 e. The van der Waals surface area contributed by atoms with E-state index in [4.69, 9.17) is 20.0 Å². The van der Waals surface area contributed by atoms with Crippen molar-refractivity contribution in [3.05, 3.63) is 69.1 Å². The molecule has 2 aromatic heterocycles. The minimum absolute atomic E-state index is 0. The summed E-state index contributed by atoms with van der Waals surface area (Å²) in [6.45, 7) is 3.45. The van der Waals surface area contributed by atoms with Gasteiger partial charge in [0.25, 0.3) is 5.01 Å². The molecule has 0 radical (unpaired) electrons. The van der Waals surface area contributed by atoms with E-state index < -0.39 is 21.7 Å². The first-order chi connectivity index (χ1) is 15.9. The number of phosphoric ester groups is 1. The minimum atomic E-state index is -5.20. The standard InChI is InChI=1S/C19H24N4O8P2S.ClH/c1-12-16(8-9-30-33(28,29)31-32(25,26)27)34-19(17(24)14-6-4-3-5-7-14)23(12)11-15-10-21-13(2)22-18(15)20;/h3-7,10,17,24H,8-9,11H2,1-2H3,(H4-,20,21,22,25,26,27,28,29);1H. The molecule has 0 spiro atoms. The zero-order valence-corrected chi connectivity index (χ0v) is 22.0. The predicted molar refractivity (Wildman–Crippen MR) is 123 cm³/mol. The Morgan fingerprint density at radius 3 is 2.43 bits per heavy atom. The molecule has 0 aliphatic heterocycles. The average molecular weight is 567 g/mol. The van der Waals surface area contributed by atoms with Crippen molar-refractivity contribution in [2.24, 2.45) is 0 Å². The Labute approximate surface area is 211 Å². The lowest BCUT2D eigenvalue weighted by Crippen LogP contribution is -3.00. The third-order valence-electron chi connectivity index (χ3n) is 4.79. The van der Waals surface area contributed by atoms with Gasteiger partial charge in [0, 0.05) is 19.5 Å². The van der Waals surface area contributed by atoms with Crippen LogP contribution in [-0.4, -0.2) is 36.4 Å². The number of phosphoric acid groups is 2. The Morgan fingerprint density at radius 1 is 1.17 bits per heavy atom. The Balaban J connectivity index is 0.00000432. The summed E-state index contributed by atoms with van der Waals surface area (Å²) >= 11 is 1.27. The first-order valence-corrected chi connectivity index (χ1v) is 13.8. The highest BCUT2D eigenvalue weighted by Crippen LogP contribution is 2.57. The number of aryl methyl sites for hydroxylation is 1. The number of rotatable bonds is 10. The molecule has 2 unspecified atom stereocenters. The van der Waals surface area contributed by atoms with E-state index in [1.807, 2.05) is 29.7 Å². The molecule has 16 heteroatoms. The molecule has 12 nitrogen and oxygen atoms in total. The van der Waals surface area contributed by atoms with Crippen molar-refractivity contribution in [1.82, 2.24) is 9.97 Å². The maximum absolute atomic E-state index is 11.7. The quantitative estimate of drug-likeness (QED) is 0.148. The zero-order valence-electron chi connectivity index (χ0n) is 18.7. The van der Waals surface area contributed by atoms with Gasteiger partial charge in [-0.1, -0.05) is 41.7 Å². The highest BCUT2D eigenvalue weighted by Gasteiger charge is 2.34. The molecular formula is C19H25ClN4O8P2S. The molecule has 35 heavy (non-hydrogen) atoms. The molecule has 0 fully saturated rings. The second kappa shape index (κ2) is 12.0. The maximum Gasteiger partial charge on any atom is 0.481 e. The van der Waals surface area contributed by atoms with Crippen LogP contribution in [0.5, 0.6) is 0 Å². The van der Waals surface area contributed by atoms with E-state index in [2.05, 4.69) is 14.3 Å². The summed E-state index contributed by atoms with van der Waals surface area (Å²) in [6, 6.07) is 9.03. The number of aromatic nitrogens is 3. The first kappa shape index (κ1) is 29.5. The number of aliphatic hydroxyl groups is 1. The molecule has 2 heterocycles. The number of hydrogen-bond donors (Lipinski definition) is 5. The molecule has 3 aromatic rings. The average Bonchev–Trinajstić information content (AvgIpc) is 3.04. The number of anilines is 1. The van der Waals surface area contributed by atoms with Gasteiger partial charge in [0.05, 0.1) is 17.0 Å². The highest BCUT2D eigenvalue weighted by atomic mass is 35.5. The largest absolute Gasteiger partial charge is 1.00 e. The number of halogens is 1. The van der Waals surface area contributed by atoms with E-state index in [9.17, 15) is 19.1 Å². The Morgan fingerprint density at radius 2 is 1.83 bits per heavy atom. The van der Waals surface area contributed by atoms with Gasteiger partial charge in [-0.2, -0.15) is 8.88 Å². The monoisotopic (exact) mass is 566 g/mol. The van der Waals surface area contributed by atoms with Crippen LogP contribution in [0.1, 0.15) is 38.6 Å². The van der Waals surface area contributed by atoms with E-state index in [0.29, 0.717) is 32.7 Å². The molecule has 0 aliphatic rings. The predicted octanol–water partition coefficient (Wildman–Crippen LogP) is -1.07. The summed E-state index contributed by atoms with van der Waals surface area (Å²) in [5.41, 5.74) is 8.12. The number of hydrogen-bond acceptors (Lipinski definition) is 9. The van der Waals surface area contributed by atoms with E-state index >= 15 is 0 Å². The molecule has 1 aromatic carbocycles. The SMILES string of the molecule is Cc1ncc(C[n+]2c(C(O)c3ccccc3)sc(CCOP(=O)(O)OP(=O)(O)O)c2C)c(N)n1.[Cl-]. The van der Waals surface area contributed by atoms with Gasteiger partial charge in [-0.15, -0.1) is 0 Å². The summed E-state index contributed by atoms with van der Waals surface area (Å²) < 4.78 is 32.9. The summed E-state index contributed by atoms with van der Waals surface area (Å²) in [7, 11) is -10.2. The first-order valence-electron chi connectivity index (χ1n) is 9.93. The van der Waals surface area contributed by atoms with Crippen molar-refractivity contribution in [1.29, 1.82) is 0 Å². The van der Waals surface area contributed by atoms with Crippen LogP contribution in [0.25, 0.3) is 0 Å². The maximum atomic E-state index is 11.7. The second-order valence-corrected chi connectivity index (χ2v) is 11.2. The fourth-order valence-electron chi connectivity index (χ4n) is 3.20. The second-order valence-electron chi connectivity index (χ2n) is 7.30. The molecule has 0 saturated heterocycles. The van der Waals surface area contributed by atoms with Crippen LogP contribution < -0.4 is 22.7 Å². The summed E-state index contributed by atoms with van der Waals surface area (Å²) in [4.78, 5) is 36.0. The van der Waals surface area contributed by atoms with Gasteiger partial charge in [0.1, 0.15) is 11.6 Å². The molecule has 0 bridgehead atoms. The van der Waals surface area contributed by atoms with Crippen molar-refractivity contribution in [2.75, 3.05) is 12.3 Å². The normalized spacial score (nSPS) is 14.2. The summed E-state index contributed by atoms with van der Waals surface area (Å²) in [6.07, 6.45) is 0.770. The molecule has 6 N–H and O–H groups in total. The number of thiazole rings is 1. The van der Waals surface area contributed by atoms with Crippen LogP contribution in [0, 0.1) is 13.8 Å². The number of nitrogens with zero attached hydrogens (tertiary/aromatic N) is 3. The van der Waals surface area contributed by atoms with E-state index in [0.717, 1.165) is 5.69 Å². The third-order valence-corrected chi connectivity index (χ3v) is 8.38. The fraction of sp³-hybridized carbons (Fsp3) is 0.316. The van der Waals surface area contributed by atoms with Gasteiger partial charge < -0.3 is 37.9 Å². The van der Waals surface area contributed by atoms with E-state index in [1.54, 1.807) is 25.3 Å². The molecule has 0 saturated carbocycles. The Bertz CT molecular complexity index is 1260. The van der Waals surface area contributed by atoms with E-state index in [-0.39, 0.29) is 32.0 Å². The van der Waals surface area contributed by atoms with Gasteiger partial charge in [-0.3, -0.25) is 4.52 Å². The van der Waals surface area contributed by atoms with Crippen LogP contribution in [-0.2, 0) is 30.9 Å². The number of nitrogen functional groups attached to an aromatic ring is 1. The van der Waals surface area contributed by atoms with E-state index in [1.165, 1.54) is 11.3 Å². The van der Waals surface area contributed by atoms with Crippen LogP contribution in [0.4, 0.5) is 5.82 Å². The van der Waals surface area contributed by atoms with Gasteiger partial charge in [0.15, 0.2) is 18.3 Å². The molecule has 0 aliphatic carbocycles. The van der Waals surface area contributed by atoms with Crippen molar-refractivity contribution in [2.45, 2.75) is 32.9 Å². The van der Waals surface area contributed by atoms with Crippen molar-refractivity contribution in [3.63, 3.8) is 0 Å². The molecule has 192 valence electrons. The topological polar surface area (TPSA) is 189 Å². The lowest BCUT2D eigenvalue weighted by Gasteiger charge is -2.11. The smallest absolute Gasteiger partial charge is 0.481 e. The van der Waals surface area contributed by atoms with Gasteiger partial charge in [0.2, 0.25) is 0 Å². The number of nitrogens with two attached hydrogens (primary N) is 1. The summed E-state index contributed by atoms with van der Waals surface area (Å²) in [5, 5.41) is 11.7. The van der Waals surface area contributed by atoms with Crippen LogP contribution >= 0.6 is 27.0 Å². The zero-order chi connectivity index (χ0) is 25.1. The van der Waals surface area contributed by atoms with Gasteiger partial charge >= 0.3 is 15.6 Å². The van der Waals surface area contributed by atoms with Crippen LogP contribution in [0.15, 0.2) is 36.5 Å². The highest BCUT2D eigenvalue weighted by molar-refractivity contribution is 7.60. The Hall–Kier alpha value is -1.76. The summed E-state index contributed by atoms with van der Waals surface area (Å²) in [5.74, 6) is 0.841. The third kappa shape index (κ3) is 8.12. The van der Waals surface area contributed by atoms with Gasteiger partial charge in [-0.05, 0) is 12.5 Å². The van der Waals surface area contributed by atoms with Gasteiger partial charge in [-0.25, -0.2) is 19.1 Å². The molecule has 3 rings (SSSR count). The van der Waals surface area contributed by atoms with Crippen molar-refractivity contribution >= 4 is 32.8 Å². The fourth-order valence-corrected chi connectivity index (χ4v) is 6.04. The van der Waals surface area contributed by atoms with Crippen molar-refractivity contribution in [3.8, 4) is 0 Å². The van der Waals surface area contributed by atoms with Crippen LogP contribution in [0.3, 0.4) is 0 Å². The molecule has 0 amide bonds. The Kier molecular flexibility index (Phi) is 10.1. The lowest BCUT2D eigenvalue weighted by atomic mass is 10.1. The lowest BCUT2D eigenvalue weighted by molar-refractivity contribution is -0.699. The number of aliphatic hydroxyl groups excluding tert-OH is 1.